The number of thioether (sulfide) groups is 1. The van der Waals surface area contributed by atoms with Gasteiger partial charge in [-0.05, 0) is 55.5 Å². The van der Waals surface area contributed by atoms with Crippen LogP contribution in [-0.2, 0) is 0 Å². The van der Waals surface area contributed by atoms with Gasteiger partial charge in [0.15, 0.2) is 0 Å². The molecule has 1 aromatic heterocycles. The Kier molecular flexibility index (Phi) is 4.62. The van der Waals surface area contributed by atoms with Crippen LogP contribution in [-0.4, -0.2) is 17.3 Å². The molecule has 4 nitrogen and oxygen atoms in total. The molecular formula is C17H15FN2O2S. The van der Waals surface area contributed by atoms with Crippen molar-refractivity contribution >= 4 is 11.8 Å². The molecule has 0 N–H and O–H groups in total. The molecule has 0 fully saturated rings. The summed E-state index contributed by atoms with van der Waals surface area (Å²) in [5.41, 5.74) is 0.837. The molecule has 0 amide bonds. The Morgan fingerprint density at radius 2 is 1.74 bits per heavy atom. The topological polar surface area (TPSA) is 48.2 Å². The zero-order valence-electron chi connectivity index (χ0n) is 12.7. The third kappa shape index (κ3) is 3.71. The third-order valence-corrected chi connectivity index (χ3v) is 4.35. The van der Waals surface area contributed by atoms with Gasteiger partial charge in [0.25, 0.3) is 0 Å². The summed E-state index contributed by atoms with van der Waals surface area (Å²) in [5.74, 6) is 1.52. The van der Waals surface area contributed by atoms with Crippen molar-refractivity contribution in [3.8, 4) is 17.2 Å². The fourth-order valence-electron chi connectivity index (χ4n) is 2.02. The largest absolute Gasteiger partial charge is 0.497 e. The van der Waals surface area contributed by atoms with Gasteiger partial charge in [-0.25, -0.2) is 4.39 Å². The zero-order chi connectivity index (χ0) is 16.2. The highest BCUT2D eigenvalue weighted by molar-refractivity contribution is 7.99. The van der Waals surface area contributed by atoms with Crippen molar-refractivity contribution in [1.82, 2.24) is 10.2 Å². The molecule has 1 atom stereocenters. The van der Waals surface area contributed by atoms with Gasteiger partial charge in [0.2, 0.25) is 11.8 Å². The Labute approximate surface area is 137 Å². The Bertz CT molecular complexity index is 772. The number of methoxy groups -OCH3 is 1. The van der Waals surface area contributed by atoms with Crippen LogP contribution in [0.25, 0.3) is 11.5 Å². The average molecular weight is 330 g/mol. The monoisotopic (exact) mass is 330 g/mol. The fraction of sp³-hybridized carbons (Fsp3) is 0.176. The lowest BCUT2D eigenvalue weighted by Crippen LogP contribution is -1.88. The first-order valence-corrected chi connectivity index (χ1v) is 7.94. The number of nitrogens with zero attached hydrogens (tertiary/aromatic N) is 2. The molecule has 3 aromatic rings. The molecule has 2 aromatic carbocycles. The van der Waals surface area contributed by atoms with Crippen LogP contribution in [0.5, 0.6) is 5.75 Å². The lowest BCUT2D eigenvalue weighted by atomic mass is 10.2. The minimum Gasteiger partial charge on any atom is -0.497 e. The van der Waals surface area contributed by atoms with Crippen LogP contribution in [0.2, 0.25) is 0 Å². The molecule has 0 aliphatic rings. The van der Waals surface area contributed by atoms with E-state index in [0.29, 0.717) is 11.8 Å². The van der Waals surface area contributed by atoms with Crippen molar-refractivity contribution in [3.63, 3.8) is 0 Å². The molecule has 0 bridgehead atoms. The highest BCUT2D eigenvalue weighted by Crippen LogP contribution is 2.35. The molecule has 1 heterocycles. The molecule has 0 unspecified atom stereocenters. The average Bonchev–Trinajstić information content (AvgIpc) is 3.07. The van der Waals surface area contributed by atoms with Crippen molar-refractivity contribution in [1.29, 1.82) is 0 Å². The summed E-state index contributed by atoms with van der Waals surface area (Å²) in [6.07, 6.45) is 0. The lowest BCUT2D eigenvalue weighted by molar-refractivity contribution is 0.415. The van der Waals surface area contributed by atoms with Crippen LogP contribution in [0, 0.1) is 5.82 Å². The second kappa shape index (κ2) is 6.83. The van der Waals surface area contributed by atoms with Gasteiger partial charge in [0, 0.05) is 10.5 Å². The predicted molar refractivity (Wildman–Crippen MR) is 87.0 cm³/mol. The normalized spacial score (nSPS) is 12.1. The van der Waals surface area contributed by atoms with E-state index in [1.807, 2.05) is 31.2 Å². The number of ether oxygens (including phenoxy) is 1. The van der Waals surface area contributed by atoms with Gasteiger partial charge >= 0.3 is 0 Å². The summed E-state index contributed by atoms with van der Waals surface area (Å²) in [5, 5.41) is 8.17. The van der Waals surface area contributed by atoms with Gasteiger partial charge in [0.1, 0.15) is 11.6 Å². The maximum Gasteiger partial charge on any atom is 0.247 e. The lowest BCUT2D eigenvalue weighted by Gasteiger charge is -2.06. The highest BCUT2D eigenvalue weighted by Gasteiger charge is 2.16. The van der Waals surface area contributed by atoms with Crippen molar-refractivity contribution in [3.05, 3.63) is 60.2 Å². The highest BCUT2D eigenvalue weighted by atomic mass is 32.2. The van der Waals surface area contributed by atoms with Crippen molar-refractivity contribution in [2.75, 3.05) is 7.11 Å². The zero-order valence-corrected chi connectivity index (χ0v) is 13.5. The van der Waals surface area contributed by atoms with Crippen molar-refractivity contribution < 1.29 is 13.5 Å². The molecule has 118 valence electrons. The van der Waals surface area contributed by atoms with E-state index in [4.69, 9.17) is 9.15 Å². The maximum absolute atomic E-state index is 12.9. The molecule has 0 saturated carbocycles. The Hall–Kier alpha value is -2.34. The maximum atomic E-state index is 12.9. The Morgan fingerprint density at radius 3 is 2.39 bits per heavy atom. The van der Waals surface area contributed by atoms with E-state index in [-0.39, 0.29) is 11.1 Å². The van der Waals surface area contributed by atoms with E-state index >= 15 is 0 Å². The van der Waals surface area contributed by atoms with Crippen LogP contribution in [0.1, 0.15) is 18.1 Å². The second-order valence-corrected chi connectivity index (χ2v) is 6.30. The summed E-state index contributed by atoms with van der Waals surface area (Å²) >= 11 is 1.54. The number of halogens is 1. The molecule has 6 heteroatoms. The molecular weight excluding hydrogens is 315 g/mol. The standard InChI is InChI=1S/C17H15FN2O2S/c1-11(23-15-9-5-13(18)6-10-15)16-19-20-17(22-16)12-3-7-14(21-2)8-4-12/h3-11H,1-2H3/t11-/m0/s1. The van der Waals surface area contributed by atoms with Gasteiger partial charge in [-0.1, -0.05) is 0 Å². The minimum atomic E-state index is -0.249. The van der Waals surface area contributed by atoms with Crippen LogP contribution in [0.3, 0.4) is 0 Å². The van der Waals surface area contributed by atoms with Gasteiger partial charge < -0.3 is 9.15 Å². The molecule has 0 spiro atoms. The number of rotatable bonds is 5. The van der Waals surface area contributed by atoms with Crippen molar-refractivity contribution in [2.45, 2.75) is 17.1 Å². The number of hydrogen-bond acceptors (Lipinski definition) is 5. The predicted octanol–water partition coefficient (Wildman–Crippen LogP) is 4.74. The van der Waals surface area contributed by atoms with E-state index in [1.54, 1.807) is 19.2 Å². The number of aromatic nitrogens is 2. The summed E-state index contributed by atoms with van der Waals surface area (Å²) in [6, 6.07) is 13.8. The Balaban J connectivity index is 1.73. The van der Waals surface area contributed by atoms with Gasteiger partial charge in [0.05, 0.1) is 12.4 Å². The van der Waals surface area contributed by atoms with Gasteiger partial charge in [-0.15, -0.1) is 22.0 Å². The van der Waals surface area contributed by atoms with E-state index in [2.05, 4.69) is 10.2 Å². The number of hydrogen-bond donors (Lipinski definition) is 0. The first kappa shape index (κ1) is 15.6. The molecule has 3 rings (SSSR count). The van der Waals surface area contributed by atoms with E-state index in [9.17, 15) is 4.39 Å². The first-order valence-electron chi connectivity index (χ1n) is 7.06. The summed E-state index contributed by atoms with van der Waals surface area (Å²) < 4.78 is 23.8. The smallest absolute Gasteiger partial charge is 0.247 e. The fourth-order valence-corrected chi connectivity index (χ4v) is 2.91. The SMILES string of the molecule is COc1ccc(-c2nnc([C@H](C)Sc3ccc(F)cc3)o2)cc1. The molecule has 0 saturated heterocycles. The second-order valence-electron chi connectivity index (χ2n) is 4.89. The summed E-state index contributed by atoms with van der Waals surface area (Å²) in [7, 11) is 1.62. The molecule has 0 radical (unpaired) electrons. The molecule has 0 aliphatic heterocycles. The van der Waals surface area contributed by atoms with Crippen molar-refractivity contribution in [2.24, 2.45) is 0 Å². The molecule has 0 aliphatic carbocycles. The Morgan fingerprint density at radius 1 is 1.04 bits per heavy atom. The van der Waals surface area contributed by atoms with E-state index < -0.39 is 0 Å². The van der Waals surface area contributed by atoms with Crippen LogP contribution >= 0.6 is 11.8 Å². The van der Waals surface area contributed by atoms with Crippen LogP contribution in [0.4, 0.5) is 4.39 Å². The quantitative estimate of drug-likeness (QED) is 0.633. The minimum absolute atomic E-state index is 0.0278. The van der Waals surface area contributed by atoms with E-state index in [0.717, 1.165) is 16.2 Å². The summed E-state index contributed by atoms with van der Waals surface area (Å²) in [4.78, 5) is 0.947. The first-order chi connectivity index (χ1) is 11.2. The van der Waals surface area contributed by atoms with Crippen LogP contribution in [0.15, 0.2) is 57.8 Å². The van der Waals surface area contributed by atoms with Crippen LogP contribution < -0.4 is 4.74 Å². The van der Waals surface area contributed by atoms with E-state index in [1.165, 1.54) is 23.9 Å². The van der Waals surface area contributed by atoms with Gasteiger partial charge in [-0.2, -0.15) is 0 Å². The summed E-state index contributed by atoms with van der Waals surface area (Å²) in [6.45, 7) is 1.97. The van der Waals surface area contributed by atoms with Gasteiger partial charge in [-0.3, -0.25) is 0 Å². The number of benzene rings is 2. The third-order valence-electron chi connectivity index (χ3n) is 3.25. The molecule has 23 heavy (non-hydrogen) atoms.